The lowest BCUT2D eigenvalue weighted by molar-refractivity contribution is -0.136. The molecule has 1 aliphatic heterocycles. The number of fused-ring (bicyclic) bond motifs is 1. The van der Waals surface area contributed by atoms with E-state index in [-0.39, 0.29) is 16.1 Å². The third kappa shape index (κ3) is 4.51. The molecule has 0 unspecified atom stereocenters. The Bertz CT molecular complexity index is 1780. The zero-order valence-electron chi connectivity index (χ0n) is 20.3. The number of carboxylic acid groups (broad SMARTS) is 1. The number of carboxylic acids is 1. The van der Waals surface area contributed by atoms with Gasteiger partial charge in [0.1, 0.15) is 11.5 Å². The van der Waals surface area contributed by atoms with Gasteiger partial charge in [0, 0.05) is 11.6 Å². The van der Waals surface area contributed by atoms with E-state index in [1.54, 1.807) is 24.3 Å². The average molecular weight is 549 g/mol. The first kappa shape index (κ1) is 25.4. The van der Waals surface area contributed by atoms with Crippen molar-refractivity contribution in [2.24, 2.45) is 4.99 Å². The molecular weight excluding hydrogens is 528 g/mol. The number of furan rings is 1. The minimum Gasteiger partial charge on any atom is -0.478 e. The van der Waals surface area contributed by atoms with Crippen LogP contribution in [0, 0.1) is 0 Å². The molecular formula is C28H21ClN2O6S. The van der Waals surface area contributed by atoms with Gasteiger partial charge < -0.3 is 14.3 Å². The molecule has 192 valence electrons. The highest BCUT2D eigenvalue weighted by atomic mass is 35.5. The second-order valence-corrected chi connectivity index (χ2v) is 9.82. The highest BCUT2D eigenvalue weighted by Crippen LogP contribution is 2.32. The van der Waals surface area contributed by atoms with Crippen molar-refractivity contribution >= 4 is 41.0 Å². The molecule has 38 heavy (non-hydrogen) atoms. The van der Waals surface area contributed by atoms with Crippen molar-refractivity contribution in [3.05, 3.63) is 114 Å². The molecule has 0 spiro atoms. The van der Waals surface area contributed by atoms with Gasteiger partial charge in [-0.3, -0.25) is 9.36 Å². The lowest BCUT2D eigenvalue weighted by Gasteiger charge is -2.25. The number of methoxy groups -OCH3 is 1. The normalized spacial score (nSPS) is 15.2. The number of hydrogen-bond donors (Lipinski definition) is 1. The van der Waals surface area contributed by atoms with Gasteiger partial charge in [0.05, 0.1) is 39.5 Å². The lowest BCUT2D eigenvalue weighted by atomic mass is 9.95. The van der Waals surface area contributed by atoms with Crippen LogP contribution in [0.4, 0.5) is 0 Å². The maximum atomic E-state index is 13.7. The molecule has 0 radical (unpaired) electrons. The van der Waals surface area contributed by atoms with Gasteiger partial charge in [0.2, 0.25) is 0 Å². The molecule has 4 aromatic rings. The van der Waals surface area contributed by atoms with Gasteiger partial charge in [-0.25, -0.2) is 14.6 Å². The number of ether oxygens (including phenoxy) is 1. The van der Waals surface area contributed by atoms with E-state index in [9.17, 15) is 19.5 Å². The lowest BCUT2D eigenvalue weighted by Crippen LogP contribution is -2.40. The molecule has 0 bridgehead atoms. The summed E-state index contributed by atoms with van der Waals surface area (Å²) in [6.45, 7) is 1.90. The van der Waals surface area contributed by atoms with Crippen LogP contribution in [0.25, 0.3) is 17.4 Å². The van der Waals surface area contributed by atoms with Crippen LogP contribution in [0.2, 0.25) is 5.02 Å². The quantitative estimate of drug-likeness (QED) is 0.357. The summed E-state index contributed by atoms with van der Waals surface area (Å²) in [5, 5.41) is 9.29. The second kappa shape index (κ2) is 10.3. The van der Waals surface area contributed by atoms with Crippen LogP contribution in [0.15, 0.2) is 86.1 Å². The van der Waals surface area contributed by atoms with E-state index >= 15 is 0 Å². The van der Waals surface area contributed by atoms with Crippen LogP contribution in [0.5, 0.6) is 0 Å². The maximum Gasteiger partial charge on any atom is 0.338 e. The van der Waals surface area contributed by atoms with Gasteiger partial charge in [-0.2, -0.15) is 0 Å². The molecule has 10 heteroatoms. The predicted molar refractivity (Wildman–Crippen MR) is 143 cm³/mol. The first-order chi connectivity index (χ1) is 18.3. The van der Waals surface area contributed by atoms with Crippen LogP contribution >= 0.6 is 22.9 Å². The topological polar surface area (TPSA) is 111 Å². The highest BCUT2D eigenvalue weighted by Gasteiger charge is 2.33. The van der Waals surface area contributed by atoms with Gasteiger partial charge in [-0.15, -0.1) is 0 Å². The number of aromatic nitrogens is 1. The number of benzene rings is 2. The van der Waals surface area contributed by atoms with E-state index < -0.39 is 18.0 Å². The van der Waals surface area contributed by atoms with Crippen molar-refractivity contribution in [2.45, 2.75) is 19.4 Å². The van der Waals surface area contributed by atoms with Crippen molar-refractivity contribution in [1.29, 1.82) is 0 Å². The Morgan fingerprint density at radius 1 is 1.18 bits per heavy atom. The Morgan fingerprint density at radius 3 is 2.61 bits per heavy atom. The fraction of sp³-hybridized carbons (Fsp3) is 0.143. The SMILES string of the molecule is CCC1=C(C(=O)OC)[C@H](c2ccccc2)n2c(s/c(=C\c3ccc(-c4ccc(C(=O)O)c(Cl)c4)o3)c2=O)=N1. The van der Waals surface area contributed by atoms with Crippen LogP contribution in [-0.4, -0.2) is 28.7 Å². The van der Waals surface area contributed by atoms with Crippen LogP contribution in [0.1, 0.15) is 41.1 Å². The molecule has 3 heterocycles. The van der Waals surface area contributed by atoms with E-state index in [4.69, 9.17) is 20.8 Å². The van der Waals surface area contributed by atoms with Gasteiger partial charge in [-0.1, -0.05) is 66.3 Å². The van der Waals surface area contributed by atoms with Gasteiger partial charge in [0.25, 0.3) is 5.56 Å². The minimum absolute atomic E-state index is 0.00551. The zero-order chi connectivity index (χ0) is 27.0. The van der Waals surface area contributed by atoms with E-state index in [0.717, 1.165) is 5.56 Å². The minimum atomic E-state index is -1.12. The summed E-state index contributed by atoms with van der Waals surface area (Å²) >= 11 is 7.31. The first-order valence-electron chi connectivity index (χ1n) is 11.6. The number of aromatic carboxylic acids is 1. The molecule has 0 fully saturated rings. The highest BCUT2D eigenvalue weighted by molar-refractivity contribution is 7.07. The van der Waals surface area contributed by atoms with Gasteiger partial charge >= 0.3 is 11.9 Å². The molecule has 1 N–H and O–H groups in total. The van der Waals surface area contributed by atoms with Crippen molar-refractivity contribution in [2.75, 3.05) is 7.11 Å². The second-order valence-electron chi connectivity index (χ2n) is 8.40. The number of thiazole rings is 1. The largest absolute Gasteiger partial charge is 0.478 e. The molecule has 2 aromatic carbocycles. The fourth-order valence-corrected chi connectivity index (χ4v) is 5.63. The average Bonchev–Trinajstić information content (AvgIpc) is 3.51. The van der Waals surface area contributed by atoms with Crippen molar-refractivity contribution in [3.8, 4) is 11.3 Å². The summed E-state index contributed by atoms with van der Waals surface area (Å²) in [4.78, 5) is 42.9. The third-order valence-corrected chi connectivity index (χ3v) is 7.45. The Hall–Kier alpha value is -4.21. The third-order valence-electron chi connectivity index (χ3n) is 6.15. The number of nitrogens with zero attached hydrogens (tertiary/aromatic N) is 2. The summed E-state index contributed by atoms with van der Waals surface area (Å²) in [7, 11) is 1.31. The number of hydrogen-bond acceptors (Lipinski definition) is 7. The molecule has 1 atom stereocenters. The van der Waals surface area contributed by atoms with Crippen molar-refractivity contribution in [1.82, 2.24) is 4.57 Å². The number of carbonyl (C=O) groups is 2. The predicted octanol–water partition coefficient (Wildman–Crippen LogP) is 4.41. The summed E-state index contributed by atoms with van der Waals surface area (Å²) in [6, 6.07) is 16.6. The number of carbonyl (C=O) groups excluding carboxylic acids is 1. The number of esters is 1. The van der Waals surface area contributed by atoms with Crippen molar-refractivity contribution < 1.29 is 23.8 Å². The number of allylic oxidation sites excluding steroid dienone is 1. The number of halogens is 1. The molecule has 0 saturated carbocycles. The number of rotatable bonds is 6. The smallest absolute Gasteiger partial charge is 0.338 e. The Labute approximate surface area is 225 Å². The summed E-state index contributed by atoms with van der Waals surface area (Å²) in [5.41, 5.74) is 1.95. The van der Waals surface area contributed by atoms with E-state index in [1.807, 2.05) is 37.3 Å². The fourth-order valence-electron chi connectivity index (χ4n) is 4.37. The molecule has 0 saturated heterocycles. The Kier molecular flexibility index (Phi) is 6.88. The summed E-state index contributed by atoms with van der Waals surface area (Å²) in [6.07, 6.45) is 2.11. The molecule has 0 amide bonds. The molecule has 1 aliphatic rings. The summed E-state index contributed by atoms with van der Waals surface area (Å²) < 4.78 is 12.9. The summed E-state index contributed by atoms with van der Waals surface area (Å²) in [5.74, 6) is -0.765. The van der Waals surface area contributed by atoms with Crippen LogP contribution in [0.3, 0.4) is 0 Å². The molecule has 2 aromatic heterocycles. The van der Waals surface area contributed by atoms with Gasteiger partial charge in [-0.05, 0) is 36.2 Å². The monoisotopic (exact) mass is 548 g/mol. The molecule has 5 rings (SSSR count). The zero-order valence-corrected chi connectivity index (χ0v) is 21.9. The van der Waals surface area contributed by atoms with Crippen LogP contribution in [-0.2, 0) is 9.53 Å². The van der Waals surface area contributed by atoms with Gasteiger partial charge in [0.15, 0.2) is 4.80 Å². The first-order valence-corrected chi connectivity index (χ1v) is 12.8. The molecule has 8 nitrogen and oxygen atoms in total. The van der Waals surface area contributed by atoms with E-state index in [2.05, 4.69) is 4.99 Å². The van der Waals surface area contributed by atoms with E-state index in [0.29, 0.717) is 44.1 Å². The van der Waals surface area contributed by atoms with Crippen molar-refractivity contribution in [3.63, 3.8) is 0 Å². The molecule has 0 aliphatic carbocycles. The Balaban J connectivity index is 1.62. The van der Waals surface area contributed by atoms with Crippen LogP contribution < -0.4 is 14.9 Å². The standard InChI is InChI=1S/C28H21ClN2O6S/c1-3-20-23(27(35)36-2)24(15-7-5-4-6-8-15)31-25(32)22(38-28(31)30-20)14-17-10-12-21(37-17)16-9-11-18(26(33)34)19(29)13-16/h4-14,24H,3H2,1-2H3,(H,33,34)/b22-14-/t24-/m0/s1. The maximum absolute atomic E-state index is 13.7. The van der Waals surface area contributed by atoms with E-state index in [1.165, 1.54) is 35.1 Å². The Morgan fingerprint density at radius 2 is 1.95 bits per heavy atom.